The highest BCUT2D eigenvalue weighted by Crippen LogP contribution is 2.33. The molecule has 26 heavy (non-hydrogen) atoms. The maximum Gasteiger partial charge on any atom is 0.339 e. The van der Waals surface area contributed by atoms with E-state index in [1.807, 2.05) is 37.3 Å². The van der Waals surface area contributed by atoms with Crippen LogP contribution in [0.5, 0.6) is 11.5 Å². The summed E-state index contributed by atoms with van der Waals surface area (Å²) >= 11 is 2.16. The topological polar surface area (TPSA) is 72.0 Å². The number of amides is 2. The molecule has 6 nitrogen and oxygen atoms in total. The highest BCUT2D eigenvalue weighted by atomic mass is 127. The molecule has 2 N–H and O–H groups in total. The first-order chi connectivity index (χ1) is 12.5. The van der Waals surface area contributed by atoms with Crippen molar-refractivity contribution in [1.29, 1.82) is 0 Å². The quantitative estimate of drug-likeness (QED) is 0.277. The van der Waals surface area contributed by atoms with Gasteiger partial charge in [-0.2, -0.15) is 5.10 Å². The normalized spacial score (nSPS) is 10.4. The van der Waals surface area contributed by atoms with Crippen LogP contribution in [0.15, 0.2) is 54.2 Å². The maximum absolute atomic E-state index is 11.9. The van der Waals surface area contributed by atoms with Gasteiger partial charge in [-0.25, -0.2) is 10.2 Å². The van der Waals surface area contributed by atoms with Crippen LogP contribution in [-0.2, 0) is 0 Å². The number of urea groups is 1. The van der Waals surface area contributed by atoms with Gasteiger partial charge in [0.2, 0.25) is 0 Å². The minimum absolute atomic E-state index is 0.389. The molecule has 7 heteroatoms. The summed E-state index contributed by atoms with van der Waals surface area (Å²) < 4.78 is 11.8. The van der Waals surface area contributed by atoms with Crippen LogP contribution in [0.2, 0.25) is 0 Å². The molecule has 2 amide bonds. The molecule has 0 saturated carbocycles. The molecule has 0 aliphatic carbocycles. The number of carbonyl (C=O) groups is 1. The smallest absolute Gasteiger partial charge is 0.339 e. The van der Waals surface area contributed by atoms with Crippen LogP contribution in [0.1, 0.15) is 11.1 Å². The summed E-state index contributed by atoms with van der Waals surface area (Å²) in [6.45, 7) is 5.94. The number of nitrogens with zero attached hydrogens (tertiary/aromatic N) is 1. The molecule has 0 saturated heterocycles. The highest BCUT2D eigenvalue weighted by Gasteiger charge is 2.10. The molecule has 136 valence electrons. The van der Waals surface area contributed by atoms with E-state index in [-0.39, 0.29) is 0 Å². The highest BCUT2D eigenvalue weighted by molar-refractivity contribution is 14.1. The third-order valence-electron chi connectivity index (χ3n) is 3.37. The van der Waals surface area contributed by atoms with E-state index in [1.165, 1.54) is 0 Å². The van der Waals surface area contributed by atoms with Gasteiger partial charge in [-0.15, -0.1) is 0 Å². The summed E-state index contributed by atoms with van der Waals surface area (Å²) in [5.41, 5.74) is 4.93. The zero-order valence-corrected chi connectivity index (χ0v) is 16.7. The van der Waals surface area contributed by atoms with Gasteiger partial charge < -0.3 is 14.8 Å². The number of hydrazone groups is 1. The number of aryl methyl sites for hydroxylation is 1. The zero-order valence-electron chi connectivity index (χ0n) is 14.6. The van der Waals surface area contributed by atoms with Gasteiger partial charge in [0.05, 0.1) is 16.9 Å². The molecule has 0 fully saturated rings. The second kappa shape index (κ2) is 9.81. The van der Waals surface area contributed by atoms with E-state index in [0.29, 0.717) is 18.1 Å². The average molecular weight is 465 g/mol. The van der Waals surface area contributed by atoms with Gasteiger partial charge in [-0.05, 0) is 58.8 Å². The first-order valence-corrected chi connectivity index (χ1v) is 8.90. The summed E-state index contributed by atoms with van der Waals surface area (Å²) in [5.74, 6) is 1.24. The third kappa shape index (κ3) is 5.48. The van der Waals surface area contributed by atoms with Crippen LogP contribution in [0.4, 0.5) is 10.5 Å². The number of hydrogen-bond acceptors (Lipinski definition) is 4. The van der Waals surface area contributed by atoms with Crippen LogP contribution < -0.4 is 20.2 Å². The predicted octanol–water partition coefficient (Wildman–Crippen LogP) is 4.33. The number of para-hydroxylation sites is 1. The standard InChI is InChI=1S/C19H20IN3O3/c1-4-9-26-18-15(20)10-14(11-17(18)25-3)12-21-23-19(24)22-16-8-6-5-7-13(16)2/h4-8,10-12H,1,9H2,2-3H3,(H2,22,23,24). The second-order valence-electron chi connectivity index (χ2n) is 5.27. The maximum atomic E-state index is 11.9. The van der Waals surface area contributed by atoms with Gasteiger partial charge in [0.1, 0.15) is 6.61 Å². The van der Waals surface area contributed by atoms with Crippen LogP contribution in [-0.4, -0.2) is 26.0 Å². The predicted molar refractivity (Wildman–Crippen MR) is 112 cm³/mol. The summed E-state index contributed by atoms with van der Waals surface area (Å²) in [6.07, 6.45) is 3.21. The van der Waals surface area contributed by atoms with Crippen LogP contribution in [0, 0.1) is 10.5 Å². The van der Waals surface area contributed by atoms with E-state index < -0.39 is 6.03 Å². The minimum Gasteiger partial charge on any atom is -0.493 e. The number of benzene rings is 2. The molecule has 0 atom stereocenters. The van der Waals surface area contributed by atoms with Crippen molar-refractivity contribution >= 4 is 40.5 Å². The lowest BCUT2D eigenvalue weighted by Gasteiger charge is -2.12. The van der Waals surface area contributed by atoms with E-state index >= 15 is 0 Å². The SMILES string of the molecule is C=CCOc1c(I)cc(C=NNC(=O)Nc2ccccc2C)cc1OC. The first-order valence-electron chi connectivity index (χ1n) is 7.82. The van der Waals surface area contributed by atoms with E-state index in [9.17, 15) is 4.79 Å². The minimum atomic E-state index is -0.414. The molecule has 2 aromatic carbocycles. The summed E-state index contributed by atoms with van der Waals surface area (Å²) in [6, 6.07) is 10.8. The monoisotopic (exact) mass is 465 g/mol. The lowest BCUT2D eigenvalue weighted by Crippen LogP contribution is -2.24. The Kier molecular flexibility index (Phi) is 7.46. The lowest BCUT2D eigenvalue weighted by atomic mass is 10.2. The molecule has 0 aliphatic rings. The Morgan fingerprint density at radius 3 is 2.81 bits per heavy atom. The largest absolute Gasteiger partial charge is 0.493 e. The fourth-order valence-electron chi connectivity index (χ4n) is 2.13. The van der Waals surface area contributed by atoms with Crippen molar-refractivity contribution in [2.45, 2.75) is 6.92 Å². The molecular weight excluding hydrogens is 445 g/mol. The van der Waals surface area contributed by atoms with Gasteiger partial charge in [0.15, 0.2) is 11.5 Å². The Balaban J connectivity index is 2.03. The second-order valence-corrected chi connectivity index (χ2v) is 6.44. The third-order valence-corrected chi connectivity index (χ3v) is 4.17. The van der Waals surface area contributed by atoms with Crippen molar-refractivity contribution in [2.24, 2.45) is 5.10 Å². The number of halogens is 1. The fraction of sp³-hybridized carbons (Fsp3) is 0.158. The van der Waals surface area contributed by atoms with Crippen molar-refractivity contribution in [3.05, 3.63) is 63.8 Å². The number of carbonyl (C=O) groups excluding carboxylic acids is 1. The van der Waals surface area contributed by atoms with Gasteiger partial charge >= 0.3 is 6.03 Å². The number of ether oxygens (including phenoxy) is 2. The molecule has 0 heterocycles. The number of nitrogens with one attached hydrogen (secondary N) is 2. The van der Waals surface area contributed by atoms with Crippen molar-refractivity contribution in [1.82, 2.24) is 5.43 Å². The molecule has 0 aromatic heterocycles. The van der Waals surface area contributed by atoms with Crippen LogP contribution in [0.3, 0.4) is 0 Å². The van der Waals surface area contributed by atoms with Crippen LogP contribution in [0.25, 0.3) is 0 Å². The Bertz CT molecular complexity index is 822. The molecule has 2 aromatic rings. The van der Waals surface area contributed by atoms with Crippen molar-refractivity contribution in [2.75, 3.05) is 19.0 Å². The van der Waals surface area contributed by atoms with E-state index in [2.05, 4.69) is 45.0 Å². The molecule has 2 rings (SSSR count). The summed E-state index contributed by atoms with van der Waals surface area (Å²) in [4.78, 5) is 11.9. The van der Waals surface area contributed by atoms with E-state index in [1.54, 1.807) is 25.5 Å². The zero-order chi connectivity index (χ0) is 18.9. The molecule has 0 spiro atoms. The Labute approximate surface area is 166 Å². The molecule has 0 radical (unpaired) electrons. The molecule has 0 bridgehead atoms. The van der Waals surface area contributed by atoms with Gasteiger partial charge in [0, 0.05) is 5.69 Å². The van der Waals surface area contributed by atoms with Crippen molar-refractivity contribution < 1.29 is 14.3 Å². The fourth-order valence-corrected chi connectivity index (χ4v) is 2.91. The first kappa shape index (κ1) is 19.8. The molecule has 0 unspecified atom stereocenters. The van der Waals surface area contributed by atoms with Crippen molar-refractivity contribution in [3.8, 4) is 11.5 Å². The van der Waals surface area contributed by atoms with Gasteiger partial charge in [-0.3, -0.25) is 0 Å². The Hall–Kier alpha value is -2.55. The number of methoxy groups -OCH3 is 1. The number of hydrogen-bond donors (Lipinski definition) is 2. The van der Waals surface area contributed by atoms with E-state index in [0.717, 1.165) is 20.4 Å². The summed E-state index contributed by atoms with van der Waals surface area (Å²) in [5, 5.41) is 6.72. The molecule has 0 aliphatic heterocycles. The average Bonchev–Trinajstić information content (AvgIpc) is 2.62. The molecular formula is C19H20IN3O3. The van der Waals surface area contributed by atoms with Gasteiger partial charge in [-0.1, -0.05) is 30.9 Å². The number of rotatable bonds is 7. The Morgan fingerprint density at radius 2 is 2.12 bits per heavy atom. The van der Waals surface area contributed by atoms with Crippen molar-refractivity contribution in [3.63, 3.8) is 0 Å². The Morgan fingerprint density at radius 1 is 1.35 bits per heavy atom. The number of anilines is 1. The van der Waals surface area contributed by atoms with Crippen LogP contribution >= 0.6 is 22.6 Å². The van der Waals surface area contributed by atoms with E-state index in [4.69, 9.17) is 9.47 Å². The van der Waals surface area contributed by atoms with Gasteiger partial charge in [0.25, 0.3) is 0 Å². The summed E-state index contributed by atoms with van der Waals surface area (Å²) in [7, 11) is 1.57. The lowest BCUT2D eigenvalue weighted by molar-refractivity contribution is 0.252.